The van der Waals surface area contributed by atoms with E-state index in [1.807, 2.05) is 7.05 Å². The summed E-state index contributed by atoms with van der Waals surface area (Å²) >= 11 is 1.79. The van der Waals surface area contributed by atoms with Crippen molar-refractivity contribution in [3.63, 3.8) is 0 Å². The smallest absolute Gasteiger partial charge is 0.191 e. The molecule has 4 nitrogen and oxygen atoms in total. The van der Waals surface area contributed by atoms with Crippen LogP contribution < -0.4 is 10.6 Å². The fourth-order valence-electron chi connectivity index (χ4n) is 2.19. The van der Waals surface area contributed by atoms with Crippen LogP contribution in [-0.2, 0) is 6.54 Å². The molecule has 0 amide bonds. The van der Waals surface area contributed by atoms with Crippen molar-refractivity contribution in [1.29, 1.82) is 0 Å². The molecule has 0 fully saturated rings. The van der Waals surface area contributed by atoms with E-state index in [9.17, 15) is 0 Å². The van der Waals surface area contributed by atoms with E-state index in [0.717, 1.165) is 32.1 Å². The van der Waals surface area contributed by atoms with Crippen LogP contribution in [0.5, 0.6) is 0 Å². The van der Waals surface area contributed by atoms with Gasteiger partial charge >= 0.3 is 0 Å². The fourth-order valence-corrected chi connectivity index (χ4v) is 3.04. The van der Waals surface area contributed by atoms with E-state index in [-0.39, 0.29) is 0 Å². The molecule has 114 valence electrons. The molecule has 1 heterocycles. The Hall–Kier alpha value is -1.07. The Morgan fingerprint density at radius 3 is 2.55 bits per heavy atom. The summed E-state index contributed by atoms with van der Waals surface area (Å²) in [5, 5.41) is 8.91. The van der Waals surface area contributed by atoms with Gasteiger partial charge in [-0.1, -0.05) is 13.8 Å². The maximum Gasteiger partial charge on any atom is 0.191 e. The lowest BCUT2D eigenvalue weighted by Gasteiger charge is -2.27. The van der Waals surface area contributed by atoms with Crippen LogP contribution in [0.1, 0.15) is 31.2 Å². The Morgan fingerprint density at radius 2 is 2.05 bits per heavy atom. The standard InChI is InChI=1S/C15H28N4S/c1-6-19(7-2)13(4)10-17-15(16-5)18-11-14-12(3)8-9-20-14/h8-9,13H,6-7,10-11H2,1-5H3,(H2,16,17,18). The molecule has 20 heavy (non-hydrogen) atoms. The number of nitrogens with one attached hydrogen (secondary N) is 2. The van der Waals surface area contributed by atoms with Crippen LogP contribution in [0.4, 0.5) is 0 Å². The van der Waals surface area contributed by atoms with E-state index in [1.165, 1.54) is 10.4 Å². The zero-order valence-corrected chi connectivity index (χ0v) is 14.2. The van der Waals surface area contributed by atoms with Gasteiger partial charge < -0.3 is 10.6 Å². The van der Waals surface area contributed by atoms with Crippen molar-refractivity contribution in [3.05, 3.63) is 21.9 Å². The number of rotatable bonds is 7. The molecule has 2 N–H and O–H groups in total. The van der Waals surface area contributed by atoms with Crippen LogP contribution >= 0.6 is 11.3 Å². The maximum atomic E-state index is 4.28. The first-order valence-electron chi connectivity index (χ1n) is 7.33. The topological polar surface area (TPSA) is 39.7 Å². The van der Waals surface area contributed by atoms with Crippen molar-refractivity contribution in [2.75, 3.05) is 26.7 Å². The number of hydrogen-bond acceptors (Lipinski definition) is 3. The number of likely N-dealkylation sites (N-methyl/N-ethyl adjacent to an activating group) is 1. The SMILES string of the molecule is CCN(CC)C(C)CNC(=NC)NCc1sccc1C. The molecular formula is C15H28N4S. The van der Waals surface area contributed by atoms with E-state index in [0.29, 0.717) is 6.04 Å². The molecule has 1 unspecified atom stereocenters. The van der Waals surface area contributed by atoms with Gasteiger partial charge in [-0.3, -0.25) is 9.89 Å². The predicted molar refractivity (Wildman–Crippen MR) is 89.6 cm³/mol. The summed E-state index contributed by atoms with van der Waals surface area (Å²) in [4.78, 5) is 8.08. The molecule has 0 aromatic carbocycles. The Morgan fingerprint density at radius 1 is 1.35 bits per heavy atom. The van der Waals surface area contributed by atoms with E-state index < -0.39 is 0 Å². The first-order chi connectivity index (χ1) is 9.62. The van der Waals surface area contributed by atoms with Crippen LogP contribution in [-0.4, -0.2) is 43.6 Å². The largest absolute Gasteiger partial charge is 0.355 e. The molecule has 0 bridgehead atoms. The zero-order chi connectivity index (χ0) is 15.0. The highest BCUT2D eigenvalue weighted by Gasteiger charge is 2.10. The molecule has 1 atom stereocenters. The second-order valence-corrected chi connectivity index (χ2v) is 5.90. The molecule has 1 aromatic heterocycles. The van der Waals surface area contributed by atoms with Crippen molar-refractivity contribution in [2.24, 2.45) is 4.99 Å². The number of hydrogen-bond donors (Lipinski definition) is 2. The number of guanidine groups is 1. The minimum atomic E-state index is 0.507. The van der Waals surface area contributed by atoms with E-state index in [1.54, 1.807) is 11.3 Å². The highest BCUT2D eigenvalue weighted by atomic mass is 32.1. The Labute approximate surface area is 127 Å². The summed E-state index contributed by atoms with van der Waals surface area (Å²) in [5.74, 6) is 0.872. The van der Waals surface area contributed by atoms with Crippen LogP contribution in [0.15, 0.2) is 16.4 Å². The third kappa shape index (κ3) is 5.13. The van der Waals surface area contributed by atoms with E-state index >= 15 is 0 Å². The maximum absolute atomic E-state index is 4.28. The number of aryl methyl sites for hydroxylation is 1. The van der Waals surface area contributed by atoms with Crippen LogP contribution in [0.2, 0.25) is 0 Å². The molecule has 0 saturated heterocycles. The molecule has 0 aliphatic carbocycles. The lowest BCUT2D eigenvalue weighted by molar-refractivity contribution is 0.231. The molecule has 0 aliphatic heterocycles. The fraction of sp³-hybridized carbons (Fsp3) is 0.667. The number of thiophene rings is 1. The first-order valence-corrected chi connectivity index (χ1v) is 8.21. The number of aliphatic imine (C=N–C) groups is 1. The van der Waals surface area contributed by atoms with Crippen molar-refractivity contribution in [3.8, 4) is 0 Å². The summed E-state index contributed by atoms with van der Waals surface area (Å²) in [6, 6.07) is 2.66. The molecule has 0 spiro atoms. The van der Waals surface area contributed by atoms with E-state index in [2.05, 4.69) is 59.7 Å². The van der Waals surface area contributed by atoms with Gasteiger partial charge in [0.25, 0.3) is 0 Å². The average molecular weight is 296 g/mol. The Kier molecular flexibility index (Phi) is 7.62. The Bertz CT molecular complexity index is 410. The summed E-state index contributed by atoms with van der Waals surface area (Å²) in [7, 11) is 1.82. The number of nitrogens with zero attached hydrogens (tertiary/aromatic N) is 2. The molecule has 0 radical (unpaired) electrons. The second-order valence-electron chi connectivity index (χ2n) is 4.90. The third-order valence-corrected chi connectivity index (χ3v) is 4.63. The van der Waals surface area contributed by atoms with Crippen LogP contribution in [0, 0.1) is 6.92 Å². The monoisotopic (exact) mass is 296 g/mol. The minimum absolute atomic E-state index is 0.507. The van der Waals surface area contributed by atoms with Crippen LogP contribution in [0.3, 0.4) is 0 Å². The van der Waals surface area contributed by atoms with Crippen molar-refractivity contribution < 1.29 is 0 Å². The van der Waals surface area contributed by atoms with Gasteiger partial charge in [-0.05, 0) is 43.9 Å². The van der Waals surface area contributed by atoms with Gasteiger partial charge in [0, 0.05) is 24.5 Å². The highest BCUT2D eigenvalue weighted by molar-refractivity contribution is 7.10. The van der Waals surface area contributed by atoms with Gasteiger partial charge in [0.2, 0.25) is 0 Å². The van der Waals surface area contributed by atoms with Gasteiger partial charge in [0.15, 0.2) is 5.96 Å². The second kappa shape index (κ2) is 8.97. The molecular weight excluding hydrogens is 268 g/mol. The molecule has 1 rings (SSSR count). The summed E-state index contributed by atoms with van der Waals surface area (Å²) in [6.07, 6.45) is 0. The van der Waals surface area contributed by atoms with Gasteiger partial charge in [-0.25, -0.2) is 0 Å². The lowest BCUT2D eigenvalue weighted by atomic mass is 10.3. The summed E-state index contributed by atoms with van der Waals surface area (Å²) in [5.41, 5.74) is 1.34. The molecule has 5 heteroatoms. The van der Waals surface area contributed by atoms with Crippen molar-refractivity contribution in [1.82, 2.24) is 15.5 Å². The lowest BCUT2D eigenvalue weighted by Crippen LogP contribution is -2.45. The third-order valence-electron chi connectivity index (χ3n) is 3.61. The average Bonchev–Trinajstić information content (AvgIpc) is 2.86. The predicted octanol–water partition coefficient (Wildman–Crippen LogP) is 2.45. The highest BCUT2D eigenvalue weighted by Crippen LogP contribution is 2.14. The first kappa shape index (κ1) is 17.0. The van der Waals surface area contributed by atoms with Gasteiger partial charge in [-0.15, -0.1) is 11.3 Å². The minimum Gasteiger partial charge on any atom is -0.355 e. The normalized spacial score (nSPS) is 13.6. The summed E-state index contributed by atoms with van der Waals surface area (Å²) in [6.45, 7) is 12.7. The molecule has 0 saturated carbocycles. The Balaban J connectivity index is 2.39. The van der Waals surface area contributed by atoms with Crippen molar-refractivity contribution in [2.45, 2.75) is 40.3 Å². The van der Waals surface area contributed by atoms with Crippen LogP contribution in [0.25, 0.3) is 0 Å². The van der Waals surface area contributed by atoms with Gasteiger partial charge in [-0.2, -0.15) is 0 Å². The quantitative estimate of drug-likeness (QED) is 0.600. The van der Waals surface area contributed by atoms with Gasteiger partial charge in [0.1, 0.15) is 0 Å². The molecule has 1 aromatic rings. The van der Waals surface area contributed by atoms with Gasteiger partial charge in [0.05, 0.1) is 6.54 Å². The summed E-state index contributed by atoms with van der Waals surface area (Å²) < 4.78 is 0. The van der Waals surface area contributed by atoms with Crippen molar-refractivity contribution >= 4 is 17.3 Å². The van der Waals surface area contributed by atoms with E-state index in [4.69, 9.17) is 0 Å². The molecule has 0 aliphatic rings. The zero-order valence-electron chi connectivity index (χ0n) is 13.4.